The van der Waals surface area contributed by atoms with Gasteiger partial charge in [0.2, 0.25) is 0 Å². The molecule has 8 heteroatoms. The van der Waals surface area contributed by atoms with E-state index in [0.717, 1.165) is 48.2 Å². The Labute approximate surface area is 177 Å². The Hall–Kier alpha value is -3.55. The topological polar surface area (TPSA) is 85.6 Å². The molecule has 30 heavy (non-hydrogen) atoms. The lowest BCUT2D eigenvalue weighted by Gasteiger charge is -2.13. The summed E-state index contributed by atoms with van der Waals surface area (Å²) in [6, 6.07) is 14.1. The predicted octanol–water partition coefficient (Wildman–Crippen LogP) is 2.58. The molecule has 3 rings (SSSR count). The van der Waals surface area contributed by atoms with Crippen molar-refractivity contribution in [3.8, 4) is 17.2 Å². The van der Waals surface area contributed by atoms with Crippen LogP contribution < -0.4 is 20.1 Å². The van der Waals surface area contributed by atoms with Crippen LogP contribution in [0.3, 0.4) is 0 Å². The second-order valence-corrected chi connectivity index (χ2v) is 6.57. The lowest BCUT2D eigenvalue weighted by atomic mass is 10.1. The summed E-state index contributed by atoms with van der Waals surface area (Å²) >= 11 is 0. The van der Waals surface area contributed by atoms with Crippen LogP contribution in [0.25, 0.3) is 5.69 Å². The Morgan fingerprint density at radius 3 is 2.43 bits per heavy atom. The minimum absolute atomic E-state index is 0.587. The van der Waals surface area contributed by atoms with Gasteiger partial charge in [-0.2, -0.15) is 5.10 Å². The van der Waals surface area contributed by atoms with Gasteiger partial charge in [-0.1, -0.05) is 18.2 Å². The molecule has 8 nitrogen and oxygen atoms in total. The zero-order valence-corrected chi connectivity index (χ0v) is 17.6. The molecule has 0 unspecified atom stereocenters. The van der Waals surface area contributed by atoms with Crippen molar-refractivity contribution in [1.82, 2.24) is 25.4 Å². The summed E-state index contributed by atoms with van der Waals surface area (Å²) in [5.41, 5.74) is 3.26. The Morgan fingerprint density at radius 2 is 1.77 bits per heavy atom. The summed E-state index contributed by atoms with van der Waals surface area (Å²) in [5.74, 6) is 2.27. The summed E-state index contributed by atoms with van der Waals surface area (Å²) in [4.78, 5) is 8.65. The summed E-state index contributed by atoms with van der Waals surface area (Å²) in [7, 11) is 3.29. The molecule has 0 bridgehead atoms. The van der Waals surface area contributed by atoms with Gasteiger partial charge in [-0.05, 0) is 48.7 Å². The van der Waals surface area contributed by atoms with Crippen molar-refractivity contribution in [3.63, 3.8) is 0 Å². The Bertz CT molecular complexity index is 939. The first-order valence-corrected chi connectivity index (χ1v) is 9.90. The van der Waals surface area contributed by atoms with E-state index in [0.29, 0.717) is 6.54 Å². The first kappa shape index (κ1) is 21.2. The highest BCUT2D eigenvalue weighted by Gasteiger charge is 2.05. The van der Waals surface area contributed by atoms with Crippen molar-refractivity contribution in [2.45, 2.75) is 19.9 Å². The van der Waals surface area contributed by atoms with E-state index in [2.05, 4.69) is 32.6 Å². The van der Waals surface area contributed by atoms with Crippen LogP contribution in [0.2, 0.25) is 0 Å². The number of nitrogens with zero attached hydrogens (tertiary/aromatic N) is 4. The number of ether oxygens (including phenoxy) is 2. The molecule has 0 aliphatic rings. The largest absolute Gasteiger partial charge is 0.493 e. The number of guanidine groups is 1. The van der Waals surface area contributed by atoms with Gasteiger partial charge in [0.1, 0.15) is 12.7 Å². The van der Waals surface area contributed by atoms with Gasteiger partial charge < -0.3 is 20.1 Å². The van der Waals surface area contributed by atoms with Gasteiger partial charge in [0.15, 0.2) is 17.5 Å². The van der Waals surface area contributed by atoms with Crippen molar-refractivity contribution in [2.24, 2.45) is 4.99 Å². The number of hydrogen-bond donors (Lipinski definition) is 2. The molecule has 2 aromatic carbocycles. The zero-order chi connectivity index (χ0) is 21.2. The Kier molecular flexibility index (Phi) is 7.65. The van der Waals surface area contributed by atoms with Crippen LogP contribution in [-0.2, 0) is 13.0 Å². The number of nitrogens with one attached hydrogen (secondary N) is 2. The highest BCUT2D eigenvalue weighted by molar-refractivity contribution is 5.79. The van der Waals surface area contributed by atoms with E-state index in [9.17, 15) is 0 Å². The molecule has 0 amide bonds. The minimum Gasteiger partial charge on any atom is -0.493 e. The molecule has 0 aliphatic heterocycles. The maximum Gasteiger partial charge on any atom is 0.191 e. The van der Waals surface area contributed by atoms with Crippen LogP contribution >= 0.6 is 0 Å². The molecule has 3 aromatic rings. The number of aromatic nitrogens is 3. The van der Waals surface area contributed by atoms with Crippen LogP contribution in [0.5, 0.6) is 11.5 Å². The highest BCUT2D eigenvalue weighted by Crippen LogP contribution is 2.27. The number of rotatable bonds is 9. The van der Waals surface area contributed by atoms with Crippen LogP contribution in [0.15, 0.2) is 60.1 Å². The van der Waals surface area contributed by atoms with Gasteiger partial charge in [0, 0.05) is 13.1 Å². The lowest BCUT2D eigenvalue weighted by molar-refractivity contribution is 0.354. The second-order valence-electron chi connectivity index (χ2n) is 6.57. The third-order valence-electron chi connectivity index (χ3n) is 4.54. The van der Waals surface area contributed by atoms with E-state index in [4.69, 9.17) is 9.47 Å². The van der Waals surface area contributed by atoms with Crippen molar-refractivity contribution in [2.75, 3.05) is 27.3 Å². The van der Waals surface area contributed by atoms with E-state index in [-0.39, 0.29) is 0 Å². The molecule has 0 aliphatic carbocycles. The fourth-order valence-electron chi connectivity index (χ4n) is 2.97. The van der Waals surface area contributed by atoms with E-state index in [1.807, 2.05) is 42.5 Å². The third-order valence-corrected chi connectivity index (χ3v) is 4.54. The molecule has 0 atom stereocenters. The average Bonchev–Trinajstić information content (AvgIpc) is 3.32. The molecular formula is C22H28N6O2. The van der Waals surface area contributed by atoms with E-state index in [1.165, 1.54) is 11.9 Å². The number of methoxy groups -OCH3 is 2. The van der Waals surface area contributed by atoms with Crippen LogP contribution in [0, 0.1) is 0 Å². The van der Waals surface area contributed by atoms with Gasteiger partial charge in [0.05, 0.1) is 26.5 Å². The van der Waals surface area contributed by atoms with E-state index >= 15 is 0 Å². The highest BCUT2D eigenvalue weighted by atomic mass is 16.5. The molecule has 1 aromatic heterocycles. The van der Waals surface area contributed by atoms with Gasteiger partial charge in [-0.25, -0.2) is 14.7 Å². The smallest absolute Gasteiger partial charge is 0.191 e. The SMILES string of the molecule is CCNC(=NCc1ccc(-n2cncn2)cc1)NCCc1ccc(OC)c(OC)c1. The van der Waals surface area contributed by atoms with Crippen molar-refractivity contribution >= 4 is 5.96 Å². The first-order valence-electron chi connectivity index (χ1n) is 9.90. The molecule has 0 spiro atoms. The Balaban J connectivity index is 1.55. The average molecular weight is 409 g/mol. The van der Waals surface area contributed by atoms with Crippen LogP contribution in [-0.4, -0.2) is 48.0 Å². The lowest BCUT2D eigenvalue weighted by Crippen LogP contribution is -2.38. The number of aliphatic imine (C=N–C) groups is 1. The molecule has 0 saturated carbocycles. The minimum atomic E-state index is 0.587. The third kappa shape index (κ3) is 5.73. The molecule has 0 radical (unpaired) electrons. The second kappa shape index (κ2) is 10.8. The predicted molar refractivity (Wildman–Crippen MR) is 117 cm³/mol. The van der Waals surface area contributed by atoms with E-state index in [1.54, 1.807) is 25.2 Å². The summed E-state index contributed by atoms with van der Waals surface area (Å²) in [6.07, 6.45) is 4.05. The van der Waals surface area contributed by atoms with Gasteiger partial charge >= 0.3 is 0 Å². The van der Waals surface area contributed by atoms with Crippen LogP contribution in [0.4, 0.5) is 0 Å². The first-order chi connectivity index (χ1) is 14.7. The zero-order valence-electron chi connectivity index (χ0n) is 17.6. The van der Waals surface area contributed by atoms with Gasteiger partial charge in [-0.15, -0.1) is 0 Å². The Morgan fingerprint density at radius 1 is 1.00 bits per heavy atom. The summed E-state index contributed by atoms with van der Waals surface area (Å²) in [5, 5.41) is 10.8. The van der Waals surface area contributed by atoms with Gasteiger partial charge in [0.25, 0.3) is 0 Å². The fraction of sp³-hybridized carbons (Fsp3) is 0.318. The van der Waals surface area contributed by atoms with Crippen molar-refractivity contribution in [1.29, 1.82) is 0 Å². The number of hydrogen-bond acceptors (Lipinski definition) is 5. The quantitative estimate of drug-likeness (QED) is 0.418. The summed E-state index contributed by atoms with van der Waals surface area (Å²) < 4.78 is 12.4. The number of benzene rings is 2. The normalized spacial score (nSPS) is 11.2. The molecule has 0 fully saturated rings. The van der Waals surface area contributed by atoms with Gasteiger partial charge in [-0.3, -0.25) is 0 Å². The monoisotopic (exact) mass is 408 g/mol. The molecule has 2 N–H and O–H groups in total. The molecular weight excluding hydrogens is 380 g/mol. The molecule has 158 valence electrons. The molecule has 0 saturated heterocycles. The maximum absolute atomic E-state index is 5.37. The fourth-order valence-corrected chi connectivity index (χ4v) is 2.97. The molecule has 1 heterocycles. The van der Waals surface area contributed by atoms with E-state index < -0.39 is 0 Å². The standard InChI is InChI=1S/C22H28N6O2/c1-4-24-22(25-12-11-17-7-10-20(29-2)21(13-17)30-3)26-14-18-5-8-19(9-6-18)28-16-23-15-27-28/h5-10,13,15-16H,4,11-12,14H2,1-3H3,(H2,24,25,26). The van der Waals surface area contributed by atoms with Crippen molar-refractivity contribution < 1.29 is 9.47 Å². The van der Waals surface area contributed by atoms with Crippen molar-refractivity contribution in [3.05, 3.63) is 66.2 Å². The maximum atomic E-state index is 5.37. The van der Waals surface area contributed by atoms with Crippen LogP contribution in [0.1, 0.15) is 18.1 Å². The summed E-state index contributed by atoms with van der Waals surface area (Å²) in [6.45, 7) is 4.20.